The summed E-state index contributed by atoms with van der Waals surface area (Å²) in [4.78, 5) is 10.9. The Kier molecular flexibility index (Phi) is 8.13. The fraction of sp³-hybridized carbons (Fsp3) is 0.316. The molecule has 152 valence electrons. The van der Waals surface area contributed by atoms with Crippen LogP contribution in [0.3, 0.4) is 0 Å². The predicted octanol–water partition coefficient (Wildman–Crippen LogP) is 6.04. The third-order valence-electron chi connectivity index (χ3n) is 4.16. The smallest absolute Gasteiger partial charge is 0.264 e. The van der Waals surface area contributed by atoms with Gasteiger partial charge in [0.1, 0.15) is 5.82 Å². The van der Waals surface area contributed by atoms with E-state index in [9.17, 15) is 17.6 Å². The van der Waals surface area contributed by atoms with Crippen molar-refractivity contribution in [3.63, 3.8) is 0 Å². The largest absolute Gasteiger partial charge is 0.281 e. The number of hydrogen-bond acceptors (Lipinski definition) is 3. The van der Waals surface area contributed by atoms with Crippen LogP contribution in [-0.4, -0.2) is 19.7 Å². The molecule has 28 heavy (non-hydrogen) atoms. The van der Waals surface area contributed by atoms with Gasteiger partial charge in [-0.1, -0.05) is 29.6 Å². The Bertz CT molecular complexity index is 936. The van der Waals surface area contributed by atoms with Crippen molar-refractivity contribution in [2.45, 2.75) is 43.5 Å². The van der Waals surface area contributed by atoms with Crippen molar-refractivity contribution in [3.05, 3.63) is 58.3 Å². The fourth-order valence-corrected chi connectivity index (χ4v) is 4.91. The maximum Gasteiger partial charge on any atom is 0.264 e. The molecule has 4 nitrogen and oxygen atoms in total. The Morgan fingerprint density at radius 3 is 2.29 bits per heavy atom. The molecule has 0 bridgehead atoms. The summed E-state index contributed by atoms with van der Waals surface area (Å²) in [5, 5.41) is 0.157. The normalized spacial score (nSPS) is 12.6. The topological polar surface area (TPSA) is 54.5 Å². The number of unbranched alkanes of at least 4 members (excludes halogenated alkanes) is 1. The molecule has 0 unspecified atom stereocenters. The van der Waals surface area contributed by atoms with Crippen LogP contribution in [-0.2, 0) is 14.8 Å². The molecule has 0 amide bonds. The number of hydrogen-bond donors (Lipinski definition) is 0. The van der Waals surface area contributed by atoms with Gasteiger partial charge in [-0.3, -0.25) is 9.10 Å². The first-order valence-corrected chi connectivity index (χ1v) is 11.1. The zero-order chi connectivity index (χ0) is 20.9. The molecule has 0 saturated carbocycles. The van der Waals surface area contributed by atoms with E-state index in [0.717, 1.165) is 10.4 Å². The highest BCUT2D eigenvalue weighted by Crippen LogP contribution is 2.32. The molecular formula is C19H19Cl3FNO3S. The lowest BCUT2D eigenvalue weighted by Crippen LogP contribution is -2.39. The third kappa shape index (κ3) is 5.83. The lowest BCUT2D eigenvalue weighted by molar-refractivity contribution is -0.111. The fourth-order valence-electron chi connectivity index (χ4n) is 2.80. The second-order valence-electron chi connectivity index (χ2n) is 6.30. The zero-order valence-electron chi connectivity index (χ0n) is 15.0. The van der Waals surface area contributed by atoms with E-state index in [1.165, 1.54) is 36.4 Å². The van der Waals surface area contributed by atoms with Crippen molar-refractivity contribution < 1.29 is 17.6 Å². The van der Waals surface area contributed by atoms with E-state index in [1.54, 1.807) is 6.92 Å². The van der Waals surface area contributed by atoms with Gasteiger partial charge in [0.15, 0.2) is 0 Å². The van der Waals surface area contributed by atoms with Gasteiger partial charge in [-0.15, -0.1) is 0 Å². The average molecular weight is 467 g/mol. The van der Waals surface area contributed by atoms with Gasteiger partial charge < -0.3 is 0 Å². The van der Waals surface area contributed by atoms with E-state index in [1.807, 2.05) is 0 Å². The van der Waals surface area contributed by atoms with Crippen LogP contribution in [0.15, 0.2) is 47.4 Å². The third-order valence-corrected chi connectivity index (χ3v) is 6.78. The Balaban J connectivity index is 2.42. The van der Waals surface area contributed by atoms with Crippen molar-refractivity contribution >= 4 is 55.8 Å². The van der Waals surface area contributed by atoms with Crippen molar-refractivity contribution in [2.75, 3.05) is 4.31 Å². The molecule has 0 N–H and O–H groups in total. The molecule has 0 aliphatic carbocycles. The summed E-state index contributed by atoms with van der Waals surface area (Å²) >= 11 is 17.2. The quantitative estimate of drug-likeness (QED) is 0.334. The monoisotopic (exact) mass is 465 g/mol. The average Bonchev–Trinajstić information content (AvgIpc) is 2.62. The summed E-state index contributed by atoms with van der Waals surface area (Å²) in [5.74, 6) is -0.704. The first-order chi connectivity index (χ1) is 13.1. The number of anilines is 1. The Labute approximate surface area is 179 Å². The highest BCUT2D eigenvalue weighted by atomic mass is 35.5. The van der Waals surface area contributed by atoms with Gasteiger partial charge >= 0.3 is 0 Å². The van der Waals surface area contributed by atoms with Crippen LogP contribution in [0, 0.1) is 5.82 Å². The summed E-state index contributed by atoms with van der Waals surface area (Å²) in [5.41, 5.74) is -0.136. The zero-order valence-corrected chi connectivity index (χ0v) is 18.1. The molecule has 2 aromatic rings. The number of benzene rings is 2. The predicted molar refractivity (Wildman–Crippen MR) is 111 cm³/mol. The first-order valence-electron chi connectivity index (χ1n) is 8.56. The molecule has 9 heteroatoms. The van der Waals surface area contributed by atoms with Crippen LogP contribution in [0.4, 0.5) is 10.1 Å². The van der Waals surface area contributed by atoms with Gasteiger partial charge in [-0.2, -0.15) is 0 Å². The first kappa shape index (κ1) is 22.9. The highest BCUT2D eigenvalue weighted by molar-refractivity contribution is 7.92. The van der Waals surface area contributed by atoms with E-state index in [-0.39, 0.29) is 22.0 Å². The molecule has 0 fully saturated rings. The molecule has 0 aliphatic rings. The van der Waals surface area contributed by atoms with E-state index >= 15 is 0 Å². The molecule has 1 atom stereocenters. The van der Waals surface area contributed by atoms with Crippen molar-refractivity contribution in [3.8, 4) is 0 Å². The number of sulfonamides is 1. The molecule has 2 rings (SSSR count). The Hall–Kier alpha value is -1.34. The number of nitrogens with zero attached hydrogens (tertiary/aromatic N) is 1. The van der Waals surface area contributed by atoms with Gasteiger partial charge in [0, 0.05) is 22.5 Å². The minimum Gasteiger partial charge on any atom is -0.281 e. The lowest BCUT2D eigenvalue weighted by atomic mass is 10.1. The Morgan fingerprint density at radius 2 is 1.68 bits per heavy atom. The molecular weight excluding hydrogens is 448 g/mol. The van der Waals surface area contributed by atoms with Crippen LogP contribution in [0.1, 0.15) is 32.6 Å². The van der Waals surface area contributed by atoms with Crippen LogP contribution in [0.2, 0.25) is 10.0 Å². The van der Waals surface area contributed by atoms with Crippen LogP contribution in [0.25, 0.3) is 0 Å². The summed E-state index contributed by atoms with van der Waals surface area (Å²) in [6, 6.07) is 8.82. The van der Waals surface area contributed by atoms with Crippen molar-refractivity contribution in [1.29, 1.82) is 0 Å². The standard InChI is InChI=1S/C19H19Cl3FNO3S/c1-13(4-2-3-5-19(22)25)24(18-12-15(21)8-11-17(18)23)28(26,27)16-9-6-14(20)7-10-16/h6-13H,2-5H2,1H3/t13-/m1/s1. The van der Waals surface area contributed by atoms with Gasteiger partial charge in [0.2, 0.25) is 5.24 Å². The van der Waals surface area contributed by atoms with Crippen LogP contribution in [0.5, 0.6) is 0 Å². The number of halogens is 4. The second-order valence-corrected chi connectivity index (χ2v) is 9.41. The van der Waals surface area contributed by atoms with Crippen LogP contribution < -0.4 is 4.31 Å². The van der Waals surface area contributed by atoms with E-state index in [4.69, 9.17) is 34.8 Å². The molecule has 0 aromatic heterocycles. The molecule has 0 spiro atoms. The maximum atomic E-state index is 14.5. The molecule has 2 aromatic carbocycles. The second kappa shape index (κ2) is 9.92. The number of carbonyl (C=O) groups is 1. The van der Waals surface area contributed by atoms with Crippen LogP contribution >= 0.6 is 34.8 Å². The van der Waals surface area contributed by atoms with Gasteiger partial charge in [-0.05, 0) is 73.8 Å². The lowest BCUT2D eigenvalue weighted by Gasteiger charge is -2.31. The van der Waals surface area contributed by atoms with Gasteiger partial charge in [0.25, 0.3) is 10.0 Å². The molecule has 0 radical (unpaired) electrons. The highest BCUT2D eigenvalue weighted by Gasteiger charge is 2.31. The Morgan fingerprint density at radius 1 is 1.07 bits per heavy atom. The number of carbonyl (C=O) groups excluding carboxylic acids is 1. The van der Waals surface area contributed by atoms with Gasteiger partial charge in [0.05, 0.1) is 10.6 Å². The van der Waals surface area contributed by atoms with Crippen molar-refractivity contribution in [1.82, 2.24) is 0 Å². The minimum absolute atomic E-state index is 0.0148. The summed E-state index contributed by atoms with van der Waals surface area (Å²) in [6.45, 7) is 1.68. The summed E-state index contributed by atoms with van der Waals surface area (Å²) < 4.78 is 42.1. The molecule has 0 saturated heterocycles. The minimum atomic E-state index is -4.08. The molecule has 0 aliphatic heterocycles. The molecule has 0 heterocycles. The number of rotatable bonds is 9. The summed E-state index contributed by atoms with van der Waals surface area (Å²) in [7, 11) is -4.08. The van der Waals surface area contributed by atoms with E-state index < -0.39 is 27.1 Å². The van der Waals surface area contributed by atoms with Gasteiger partial charge in [-0.25, -0.2) is 12.8 Å². The maximum absolute atomic E-state index is 14.5. The SMILES string of the molecule is C[C@H](CCCCC(=O)Cl)N(c1cc(Cl)ccc1F)S(=O)(=O)c1ccc(Cl)cc1. The van der Waals surface area contributed by atoms with E-state index in [0.29, 0.717) is 24.3 Å². The van der Waals surface area contributed by atoms with E-state index in [2.05, 4.69) is 0 Å². The summed E-state index contributed by atoms with van der Waals surface area (Å²) in [6.07, 6.45) is 1.67. The van der Waals surface area contributed by atoms with Crippen molar-refractivity contribution in [2.24, 2.45) is 0 Å².